The van der Waals surface area contributed by atoms with Crippen LogP contribution in [0.5, 0.6) is 0 Å². The molecule has 2 rings (SSSR count). The lowest BCUT2D eigenvalue weighted by Gasteiger charge is -2.14. The molecule has 1 heterocycles. The number of aliphatic hydroxyl groups excluding tert-OH is 1. The second-order valence-corrected chi connectivity index (χ2v) is 4.45. The molecule has 1 unspecified atom stereocenters. The van der Waals surface area contributed by atoms with Crippen LogP contribution in [0.4, 0.5) is 17.6 Å². The monoisotopic (exact) mass is 276 g/mol. The van der Waals surface area contributed by atoms with Gasteiger partial charge >= 0.3 is 6.18 Å². The lowest BCUT2D eigenvalue weighted by Crippen LogP contribution is -2.12. The van der Waals surface area contributed by atoms with Crippen molar-refractivity contribution in [2.45, 2.75) is 12.3 Å². The van der Waals surface area contributed by atoms with E-state index in [9.17, 15) is 22.7 Å². The summed E-state index contributed by atoms with van der Waals surface area (Å²) in [6.45, 7) is 0. The molecule has 0 saturated heterocycles. The second-order valence-electron chi connectivity index (χ2n) is 3.67. The summed E-state index contributed by atoms with van der Waals surface area (Å²) in [5.74, 6) is -1.43. The van der Waals surface area contributed by atoms with E-state index in [2.05, 4.69) is 0 Å². The summed E-state index contributed by atoms with van der Waals surface area (Å²) in [5.41, 5.74) is -1.37. The van der Waals surface area contributed by atoms with Crippen molar-refractivity contribution in [1.29, 1.82) is 0 Å². The molecular formula is C12H8F4OS. The summed E-state index contributed by atoms with van der Waals surface area (Å²) in [6, 6.07) is 4.41. The van der Waals surface area contributed by atoms with Gasteiger partial charge in [-0.3, -0.25) is 0 Å². The van der Waals surface area contributed by atoms with Crippen molar-refractivity contribution in [3.63, 3.8) is 0 Å². The first-order valence-electron chi connectivity index (χ1n) is 4.97. The topological polar surface area (TPSA) is 20.2 Å². The Morgan fingerprint density at radius 1 is 1.17 bits per heavy atom. The first-order chi connectivity index (χ1) is 8.41. The number of hydrogen-bond donors (Lipinski definition) is 1. The molecular weight excluding hydrogens is 268 g/mol. The van der Waals surface area contributed by atoms with Crippen LogP contribution in [-0.2, 0) is 6.18 Å². The van der Waals surface area contributed by atoms with Crippen LogP contribution in [0.25, 0.3) is 0 Å². The maximum atomic E-state index is 13.7. The lowest BCUT2D eigenvalue weighted by molar-refractivity contribution is -0.140. The Hall–Kier alpha value is -1.40. The SMILES string of the molecule is OC(c1ccsc1)c1cccc(C(F)(F)F)c1F. The number of benzene rings is 1. The van der Waals surface area contributed by atoms with Crippen LogP contribution in [0.15, 0.2) is 35.0 Å². The van der Waals surface area contributed by atoms with Crippen molar-refractivity contribution in [2.75, 3.05) is 0 Å². The number of aliphatic hydroxyl groups is 1. The van der Waals surface area contributed by atoms with Gasteiger partial charge in [-0.05, 0) is 28.5 Å². The molecule has 0 aliphatic carbocycles. The molecule has 0 aliphatic heterocycles. The number of halogens is 4. The number of rotatable bonds is 2. The molecule has 6 heteroatoms. The Morgan fingerprint density at radius 3 is 2.44 bits per heavy atom. The molecule has 0 saturated carbocycles. The van der Waals surface area contributed by atoms with E-state index in [4.69, 9.17) is 0 Å². The zero-order valence-corrected chi connectivity index (χ0v) is 9.73. The second kappa shape index (κ2) is 4.70. The minimum absolute atomic E-state index is 0.372. The highest BCUT2D eigenvalue weighted by Gasteiger charge is 2.35. The van der Waals surface area contributed by atoms with Gasteiger partial charge in [-0.15, -0.1) is 0 Å². The number of hydrogen-bond acceptors (Lipinski definition) is 2. The molecule has 0 spiro atoms. The van der Waals surface area contributed by atoms with Crippen LogP contribution in [0, 0.1) is 5.82 Å². The highest BCUT2D eigenvalue weighted by Crippen LogP contribution is 2.35. The summed E-state index contributed by atoms with van der Waals surface area (Å²) >= 11 is 1.27. The third-order valence-corrected chi connectivity index (χ3v) is 3.19. The van der Waals surface area contributed by atoms with Crippen LogP contribution in [0.2, 0.25) is 0 Å². The van der Waals surface area contributed by atoms with E-state index in [-0.39, 0.29) is 5.56 Å². The van der Waals surface area contributed by atoms with Crippen molar-refractivity contribution in [1.82, 2.24) is 0 Å². The van der Waals surface area contributed by atoms with E-state index in [1.54, 1.807) is 10.8 Å². The van der Waals surface area contributed by atoms with Crippen molar-refractivity contribution in [3.05, 3.63) is 57.5 Å². The Morgan fingerprint density at radius 2 is 1.89 bits per heavy atom. The van der Waals surface area contributed by atoms with Gasteiger partial charge in [0.25, 0.3) is 0 Å². The van der Waals surface area contributed by atoms with Gasteiger partial charge in [-0.2, -0.15) is 24.5 Å². The standard InChI is InChI=1S/C12H8F4OS/c13-10-8(11(17)7-4-5-18-6-7)2-1-3-9(10)12(14,15)16/h1-6,11,17H. The molecule has 0 bridgehead atoms. The average molecular weight is 276 g/mol. The molecule has 0 fully saturated rings. The van der Waals surface area contributed by atoms with Crippen molar-refractivity contribution in [2.24, 2.45) is 0 Å². The van der Waals surface area contributed by atoms with Crippen molar-refractivity contribution in [3.8, 4) is 0 Å². The average Bonchev–Trinajstić information content (AvgIpc) is 2.80. The van der Waals surface area contributed by atoms with Gasteiger partial charge < -0.3 is 5.11 Å². The van der Waals surface area contributed by atoms with E-state index in [1.807, 2.05) is 0 Å². The fraction of sp³-hybridized carbons (Fsp3) is 0.167. The largest absolute Gasteiger partial charge is 0.419 e. The highest BCUT2D eigenvalue weighted by molar-refractivity contribution is 7.07. The minimum atomic E-state index is -4.77. The third kappa shape index (κ3) is 2.39. The fourth-order valence-corrected chi connectivity index (χ4v) is 2.27. The Kier molecular flexibility index (Phi) is 3.41. The zero-order valence-electron chi connectivity index (χ0n) is 8.91. The van der Waals surface area contributed by atoms with Crippen LogP contribution in [-0.4, -0.2) is 5.11 Å². The normalized spacial score (nSPS) is 13.6. The molecule has 0 amide bonds. The maximum Gasteiger partial charge on any atom is 0.419 e. The summed E-state index contributed by atoms with van der Waals surface area (Å²) in [6.07, 6.45) is -6.16. The van der Waals surface area contributed by atoms with Crippen LogP contribution >= 0.6 is 11.3 Å². The van der Waals surface area contributed by atoms with Crippen LogP contribution in [0.1, 0.15) is 22.8 Å². The molecule has 18 heavy (non-hydrogen) atoms. The maximum absolute atomic E-state index is 13.7. The third-order valence-electron chi connectivity index (χ3n) is 2.49. The van der Waals surface area contributed by atoms with Crippen molar-refractivity contribution >= 4 is 11.3 Å². The van der Waals surface area contributed by atoms with Gasteiger partial charge in [0.1, 0.15) is 11.9 Å². The van der Waals surface area contributed by atoms with Gasteiger partial charge in [0.15, 0.2) is 0 Å². The molecule has 1 N–H and O–H groups in total. The predicted octanol–water partition coefficient (Wildman–Crippen LogP) is 3.99. The van der Waals surface area contributed by atoms with Gasteiger partial charge in [0.2, 0.25) is 0 Å². The molecule has 1 nitrogen and oxygen atoms in total. The summed E-state index contributed by atoms with van der Waals surface area (Å²) in [4.78, 5) is 0. The van der Waals surface area contributed by atoms with Crippen LogP contribution < -0.4 is 0 Å². The molecule has 1 aromatic heterocycles. The first kappa shape index (κ1) is 13.0. The van der Waals surface area contributed by atoms with E-state index in [1.165, 1.54) is 17.4 Å². The molecule has 0 aliphatic rings. The van der Waals surface area contributed by atoms with Crippen molar-refractivity contribution < 1.29 is 22.7 Å². The fourth-order valence-electron chi connectivity index (χ4n) is 1.59. The summed E-state index contributed by atoms with van der Waals surface area (Å²) in [5, 5.41) is 13.1. The molecule has 1 atom stereocenters. The number of alkyl halides is 3. The number of thiophene rings is 1. The zero-order chi connectivity index (χ0) is 13.3. The molecule has 1 aromatic carbocycles. The smallest absolute Gasteiger partial charge is 0.384 e. The quantitative estimate of drug-likeness (QED) is 0.822. The van der Waals surface area contributed by atoms with Gasteiger partial charge in [0, 0.05) is 5.56 Å². The minimum Gasteiger partial charge on any atom is -0.384 e. The van der Waals surface area contributed by atoms with E-state index in [0.29, 0.717) is 11.6 Å². The Bertz CT molecular complexity index is 534. The Labute approximate surface area is 104 Å². The van der Waals surface area contributed by atoms with E-state index >= 15 is 0 Å². The van der Waals surface area contributed by atoms with Gasteiger partial charge in [-0.25, -0.2) is 4.39 Å². The van der Waals surface area contributed by atoms with Gasteiger partial charge in [-0.1, -0.05) is 12.1 Å². The van der Waals surface area contributed by atoms with Gasteiger partial charge in [0.05, 0.1) is 5.56 Å². The molecule has 0 radical (unpaired) electrons. The predicted molar refractivity (Wildman–Crippen MR) is 59.8 cm³/mol. The Balaban J connectivity index is 2.47. The summed E-state index contributed by atoms with van der Waals surface area (Å²) < 4.78 is 51.3. The highest BCUT2D eigenvalue weighted by atomic mass is 32.1. The van der Waals surface area contributed by atoms with E-state index in [0.717, 1.165) is 12.1 Å². The van der Waals surface area contributed by atoms with E-state index < -0.39 is 23.7 Å². The molecule has 96 valence electrons. The summed E-state index contributed by atoms with van der Waals surface area (Å²) in [7, 11) is 0. The molecule has 2 aromatic rings. The first-order valence-corrected chi connectivity index (χ1v) is 5.91. The van der Waals surface area contributed by atoms with Crippen LogP contribution in [0.3, 0.4) is 0 Å². The lowest BCUT2D eigenvalue weighted by atomic mass is 10.0.